The van der Waals surface area contributed by atoms with Crippen molar-refractivity contribution in [1.82, 2.24) is 0 Å². The number of halogens is 1. The van der Waals surface area contributed by atoms with Gasteiger partial charge in [0.15, 0.2) is 0 Å². The van der Waals surface area contributed by atoms with Gasteiger partial charge in [0.25, 0.3) is 0 Å². The Kier molecular flexibility index (Phi) is 6.52. The molecule has 14 heavy (non-hydrogen) atoms. The molecule has 0 aromatic heterocycles. The van der Waals surface area contributed by atoms with Gasteiger partial charge in [-0.05, 0) is 0 Å². The van der Waals surface area contributed by atoms with Crippen LogP contribution in [-0.4, -0.2) is 28.2 Å². The molecular weight excluding hydrogens is 354 g/mol. The SMILES string of the molecule is CCOC/C(I)=C/[Se]c1ccccc1. The van der Waals surface area contributed by atoms with E-state index < -0.39 is 0 Å². The Morgan fingerprint density at radius 1 is 1.43 bits per heavy atom. The zero-order chi connectivity index (χ0) is 10.2. The van der Waals surface area contributed by atoms with Gasteiger partial charge in [0.05, 0.1) is 0 Å². The van der Waals surface area contributed by atoms with Gasteiger partial charge in [-0.1, -0.05) is 0 Å². The van der Waals surface area contributed by atoms with E-state index in [0.717, 1.165) is 13.2 Å². The van der Waals surface area contributed by atoms with E-state index in [0.29, 0.717) is 15.0 Å². The molecule has 0 saturated heterocycles. The van der Waals surface area contributed by atoms with E-state index >= 15 is 0 Å². The quantitative estimate of drug-likeness (QED) is 0.574. The maximum atomic E-state index is 5.32. The minimum atomic E-state index is 0.439. The number of rotatable bonds is 5. The predicted octanol–water partition coefficient (Wildman–Crippen LogP) is 2.33. The molecular formula is C11H13IOSe. The van der Waals surface area contributed by atoms with Crippen molar-refractivity contribution in [2.75, 3.05) is 13.2 Å². The molecule has 0 heterocycles. The van der Waals surface area contributed by atoms with Crippen molar-refractivity contribution in [3.8, 4) is 0 Å². The standard InChI is InChI=1S/C11H13IOSe/c1-2-13-8-10(12)9-14-11-6-4-3-5-7-11/h3-7,9H,2,8H2,1H3/b10-9-. The third kappa shape index (κ3) is 5.15. The first-order chi connectivity index (χ1) is 6.83. The Balaban J connectivity index is 2.39. The molecule has 0 aliphatic rings. The molecule has 0 N–H and O–H groups in total. The Morgan fingerprint density at radius 2 is 2.14 bits per heavy atom. The fourth-order valence-corrected chi connectivity index (χ4v) is 3.10. The van der Waals surface area contributed by atoms with Crippen molar-refractivity contribution in [3.05, 3.63) is 38.9 Å². The molecule has 0 amide bonds. The average Bonchev–Trinajstić information content (AvgIpc) is 2.25. The Bertz CT molecular complexity index is 285. The Hall–Kier alpha value is 0.169. The van der Waals surface area contributed by atoms with Gasteiger partial charge in [-0.15, -0.1) is 0 Å². The summed E-state index contributed by atoms with van der Waals surface area (Å²) in [6, 6.07) is 10.6. The van der Waals surface area contributed by atoms with Gasteiger partial charge in [-0.25, -0.2) is 0 Å². The average molecular weight is 367 g/mol. The topological polar surface area (TPSA) is 9.23 Å². The molecule has 0 aliphatic heterocycles. The second-order valence-corrected chi connectivity index (χ2v) is 6.00. The van der Waals surface area contributed by atoms with Crippen molar-refractivity contribution in [3.63, 3.8) is 0 Å². The van der Waals surface area contributed by atoms with Crippen molar-refractivity contribution in [2.24, 2.45) is 0 Å². The van der Waals surface area contributed by atoms with Crippen LogP contribution in [0, 0.1) is 0 Å². The summed E-state index contributed by atoms with van der Waals surface area (Å²) in [5.41, 5.74) is 0. The molecule has 1 nitrogen and oxygen atoms in total. The van der Waals surface area contributed by atoms with Crippen LogP contribution in [0.25, 0.3) is 0 Å². The molecule has 0 radical (unpaired) electrons. The first-order valence-corrected chi connectivity index (χ1v) is 7.39. The van der Waals surface area contributed by atoms with Crippen LogP contribution in [0.5, 0.6) is 0 Å². The van der Waals surface area contributed by atoms with E-state index in [2.05, 4.69) is 57.9 Å². The first kappa shape index (κ1) is 12.2. The summed E-state index contributed by atoms with van der Waals surface area (Å²) in [5, 5.41) is 0. The fraction of sp³-hybridized carbons (Fsp3) is 0.273. The number of benzene rings is 1. The molecule has 3 heteroatoms. The monoisotopic (exact) mass is 368 g/mol. The summed E-state index contributed by atoms with van der Waals surface area (Å²) in [5.74, 6) is 0. The van der Waals surface area contributed by atoms with Crippen LogP contribution in [-0.2, 0) is 4.74 Å². The summed E-state index contributed by atoms with van der Waals surface area (Å²) < 4.78 is 8.03. The molecule has 0 aliphatic carbocycles. The van der Waals surface area contributed by atoms with Crippen molar-refractivity contribution in [1.29, 1.82) is 0 Å². The van der Waals surface area contributed by atoms with Crippen LogP contribution in [0.15, 0.2) is 38.9 Å². The zero-order valence-corrected chi connectivity index (χ0v) is 11.9. The van der Waals surface area contributed by atoms with Crippen LogP contribution in [0.1, 0.15) is 6.92 Å². The van der Waals surface area contributed by atoms with Gasteiger partial charge < -0.3 is 0 Å². The molecule has 0 saturated carbocycles. The van der Waals surface area contributed by atoms with E-state index in [1.165, 1.54) is 8.04 Å². The molecule has 0 fully saturated rings. The van der Waals surface area contributed by atoms with Crippen molar-refractivity contribution < 1.29 is 4.74 Å². The van der Waals surface area contributed by atoms with Gasteiger partial charge in [-0.2, -0.15) is 0 Å². The summed E-state index contributed by atoms with van der Waals surface area (Å²) in [7, 11) is 0. The van der Waals surface area contributed by atoms with Crippen LogP contribution in [0.2, 0.25) is 0 Å². The number of ether oxygens (including phenoxy) is 1. The van der Waals surface area contributed by atoms with E-state index in [1.54, 1.807) is 0 Å². The minimum absolute atomic E-state index is 0.439. The number of hydrogen-bond acceptors (Lipinski definition) is 1. The summed E-state index contributed by atoms with van der Waals surface area (Å²) in [6.45, 7) is 3.57. The van der Waals surface area contributed by atoms with Gasteiger partial charge in [0.1, 0.15) is 0 Å². The summed E-state index contributed by atoms with van der Waals surface area (Å²) >= 11 is 2.78. The maximum absolute atomic E-state index is 5.32. The molecule has 0 bridgehead atoms. The zero-order valence-electron chi connectivity index (χ0n) is 8.07. The van der Waals surface area contributed by atoms with Gasteiger partial charge in [-0.3, -0.25) is 0 Å². The summed E-state index contributed by atoms with van der Waals surface area (Å²) in [6.07, 6.45) is 0. The van der Waals surface area contributed by atoms with Crippen LogP contribution in [0.3, 0.4) is 0 Å². The molecule has 76 valence electrons. The Labute approximate surface area is 105 Å². The van der Waals surface area contributed by atoms with E-state index in [-0.39, 0.29) is 0 Å². The van der Waals surface area contributed by atoms with Crippen LogP contribution in [0.4, 0.5) is 0 Å². The van der Waals surface area contributed by atoms with Crippen LogP contribution >= 0.6 is 22.6 Å². The normalized spacial score (nSPS) is 11.7. The number of hydrogen-bond donors (Lipinski definition) is 0. The van der Waals surface area contributed by atoms with E-state index in [4.69, 9.17) is 4.74 Å². The Morgan fingerprint density at radius 3 is 2.79 bits per heavy atom. The fourth-order valence-electron chi connectivity index (χ4n) is 0.865. The van der Waals surface area contributed by atoms with Gasteiger partial charge in [0.2, 0.25) is 0 Å². The van der Waals surface area contributed by atoms with Gasteiger partial charge in [0, 0.05) is 0 Å². The second kappa shape index (κ2) is 7.46. The van der Waals surface area contributed by atoms with Gasteiger partial charge >= 0.3 is 106 Å². The van der Waals surface area contributed by atoms with E-state index in [9.17, 15) is 0 Å². The molecule has 1 rings (SSSR count). The predicted molar refractivity (Wildman–Crippen MR) is 70.4 cm³/mol. The molecule has 0 spiro atoms. The molecule has 0 unspecified atom stereocenters. The third-order valence-corrected chi connectivity index (χ3v) is 5.07. The molecule has 0 atom stereocenters. The first-order valence-electron chi connectivity index (χ1n) is 4.47. The van der Waals surface area contributed by atoms with Crippen LogP contribution < -0.4 is 4.46 Å². The third-order valence-electron chi connectivity index (χ3n) is 1.51. The molecule has 1 aromatic rings. The second-order valence-electron chi connectivity index (χ2n) is 2.63. The molecule has 1 aromatic carbocycles. The van der Waals surface area contributed by atoms with Crippen molar-refractivity contribution in [2.45, 2.75) is 6.92 Å². The van der Waals surface area contributed by atoms with E-state index in [1.807, 2.05) is 6.92 Å². The van der Waals surface area contributed by atoms with Crippen molar-refractivity contribution >= 4 is 42.0 Å². The summed E-state index contributed by atoms with van der Waals surface area (Å²) in [4.78, 5) is 2.28.